The lowest BCUT2D eigenvalue weighted by Crippen LogP contribution is -2.36. The van der Waals surface area contributed by atoms with Gasteiger partial charge in [-0.25, -0.2) is 0 Å². The van der Waals surface area contributed by atoms with Gasteiger partial charge in [0.15, 0.2) is 0 Å². The number of nitrogens with zero attached hydrogens (tertiary/aromatic N) is 3. The van der Waals surface area contributed by atoms with Gasteiger partial charge in [-0.15, -0.1) is 0 Å². The Morgan fingerprint density at radius 2 is 1.66 bits per heavy atom. The summed E-state index contributed by atoms with van der Waals surface area (Å²) in [6.07, 6.45) is 0.297. The maximum Gasteiger partial charge on any atom is 0.325 e. The molecule has 0 fully saturated rings. The molecule has 1 amide bonds. The van der Waals surface area contributed by atoms with Crippen LogP contribution in [0.4, 0.5) is 0 Å². The lowest BCUT2D eigenvalue weighted by atomic mass is 10.1. The van der Waals surface area contributed by atoms with Crippen LogP contribution < -0.4 is 14.2 Å². The van der Waals surface area contributed by atoms with Gasteiger partial charge in [-0.1, -0.05) is 5.16 Å². The quantitative estimate of drug-likeness (QED) is 0.358. The van der Waals surface area contributed by atoms with Gasteiger partial charge in [-0.05, 0) is 48.9 Å². The van der Waals surface area contributed by atoms with Gasteiger partial charge in [0.05, 0.1) is 27.9 Å². The van der Waals surface area contributed by atoms with Crippen molar-refractivity contribution in [2.75, 3.05) is 34.5 Å². The van der Waals surface area contributed by atoms with Crippen LogP contribution in [0, 0.1) is 0 Å². The molecule has 35 heavy (non-hydrogen) atoms. The summed E-state index contributed by atoms with van der Waals surface area (Å²) >= 11 is 0. The number of amides is 1. The number of hydrogen-bond acceptors (Lipinski definition) is 9. The highest BCUT2D eigenvalue weighted by Gasteiger charge is 2.20. The van der Waals surface area contributed by atoms with Crippen molar-refractivity contribution in [3.8, 4) is 28.6 Å². The van der Waals surface area contributed by atoms with Crippen molar-refractivity contribution in [2.45, 2.75) is 26.3 Å². The summed E-state index contributed by atoms with van der Waals surface area (Å²) in [5, 5.41) is 4.00. The van der Waals surface area contributed by atoms with Gasteiger partial charge in [0, 0.05) is 31.0 Å². The Morgan fingerprint density at radius 1 is 0.971 bits per heavy atom. The van der Waals surface area contributed by atoms with E-state index in [1.165, 1.54) is 12.0 Å². The van der Waals surface area contributed by atoms with Crippen LogP contribution in [0.5, 0.6) is 17.2 Å². The largest absolute Gasteiger partial charge is 0.497 e. The first kappa shape index (κ1) is 25.5. The van der Waals surface area contributed by atoms with E-state index >= 15 is 0 Å². The molecule has 0 unspecified atom stereocenters. The van der Waals surface area contributed by atoms with Gasteiger partial charge in [0.1, 0.15) is 23.8 Å². The third kappa shape index (κ3) is 7.20. The first-order chi connectivity index (χ1) is 16.9. The molecule has 1 heterocycles. The second-order valence-corrected chi connectivity index (χ2v) is 7.52. The average Bonchev–Trinajstić information content (AvgIpc) is 3.36. The number of esters is 1. The van der Waals surface area contributed by atoms with Crippen LogP contribution >= 0.6 is 0 Å². The van der Waals surface area contributed by atoms with Crippen LogP contribution in [-0.2, 0) is 27.3 Å². The highest BCUT2D eigenvalue weighted by Crippen LogP contribution is 2.24. The summed E-state index contributed by atoms with van der Waals surface area (Å²) < 4.78 is 26.1. The van der Waals surface area contributed by atoms with Crippen molar-refractivity contribution in [1.82, 2.24) is 15.0 Å². The molecule has 0 saturated carbocycles. The second-order valence-electron chi connectivity index (χ2n) is 7.52. The van der Waals surface area contributed by atoms with Crippen molar-refractivity contribution in [2.24, 2.45) is 0 Å². The highest BCUT2D eigenvalue weighted by atomic mass is 16.5. The molecule has 0 radical (unpaired) electrons. The number of rotatable bonds is 12. The maximum absolute atomic E-state index is 13.0. The Labute approximate surface area is 203 Å². The Morgan fingerprint density at radius 3 is 2.26 bits per heavy atom. The summed E-state index contributed by atoms with van der Waals surface area (Å²) in [6.45, 7) is 2.47. The van der Waals surface area contributed by atoms with Crippen LogP contribution in [0.1, 0.15) is 24.8 Å². The summed E-state index contributed by atoms with van der Waals surface area (Å²) in [5.74, 6) is 1.87. The van der Waals surface area contributed by atoms with Crippen LogP contribution in [-0.4, -0.2) is 61.4 Å². The number of carbonyl (C=O) groups excluding carboxylic acids is 2. The molecule has 10 heteroatoms. The van der Waals surface area contributed by atoms with Crippen LogP contribution in [0.15, 0.2) is 47.0 Å². The summed E-state index contributed by atoms with van der Waals surface area (Å²) in [5.41, 5.74) is 1.52. The molecule has 0 saturated heterocycles. The third-order valence-electron chi connectivity index (χ3n) is 5.13. The number of benzene rings is 2. The van der Waals surface area contributed by atoms with Crippen molar-refractivity contribution < 1.29 is 33.1 Å². The number of carbonyl (C=O) groups is 2. The van der Waals surface area contributed by atoms with E-state index in [1.807, 2.05) is 31.2 Å². The first-order valence-electron chi connectivity index (χ1n) is 11.1. The van der Waals surface area contributed by atoms with E-state index in [2.05, 4.69) is 10.1 Å². The minimum atomic E-state index is -0.524. The molecule has 0 spiro atoms. The van der Waals surface area contributed by atoms with E-state index in [-0.39, 0.29) is 31.8 Å². The lowest BCUT2D eigenvalue weighted by molar-refractivity contribution is -0.147. The molecule has 186 valence electrons. The van der Waals surface area contributed by atoms with Crippen LogP contribution in [0.2, 0.25) is 0 Å². The zero-order valence-corrected chi connectivity index (χ0v) is 20.3. The SMILES string of the molecule is CCOc1ccc(-c2noc(CCC(=O)N(CC(=O)OC)Cc3cc(OC)cc(OC)c3)n2)cc1. The number of aryl methyl sites for hydroxylation is 1. The van der Waals surface area contributed by atoms with Crippen molar-refractivity contribution in [1.29, 1.82) is 0 Å². The van der Waals surface area contributed by atoms with E-state index in [0.29, 0.717) is 29.8 Å². The predicted octanol–water partition coefficient (Wildman–Crippen LogP) is 3.29. The van der Waals surface area contributed by atoms with Gasteiger partial charge in [0.2, 0.25) is 17.6 Å². The average molecular weight is 484 g/mol. The summed E-state index contributed by atoms with van der Waals surface area (Å²) in [4.78, 5) is 30.7. The molecule has 2 aromatic carbocycles. The monoisotopic (exact) mass is 483 g/mol. The molecule has 0 aliphatic heterocycles. The van der Waals surface area contributed by atoms with Crippen molar-refractivity contribution >= 4 is 11.9 Å². The standard InChI is InChI=1S/C25H29N3O7/c1-5-34-19-8-6-18(7-9-19)25-26-22(35-27-25)10-11-23(29)28(16-24(30)33-4)15-17-12-20(31-2)14-21(13-17)32-3/h6-9,12-14H,5,10-11,15-16H2,1-4H3. The molecule has 0 aliphatic rings. The number of ether oxygens (including phenoxy) is 4. The molecule has 0 bridgehead atoms. The van der Waals surface area contributed by atoms with Crippen molar-refractivity contribution in [3.63, 3.8) is 0 Å². The predicted molar refractivity (Wildman–Crippen MR) is 126 cm³/mol. The van der Waals surface area contributed by atoms with Gasteiger partial charge in [-0.2, -0.15) is 4.98 Å². The van der Waals surface area contributed by atoms with E-state index in [9.17, 15) is 9.59 Å². The molecule has 3 rings (SSSR count). The van der Waals surface area contributed by atoms with E-state index in [4.69, 9.17) is 23.5 Å². The van der Waals surface area contributed by atoms with Crippen molar-refractivity contribution in [3.05, 3.63) is 53.9 Å². The zero-order valence-electron chi connectivity index (χ0n) is 20.3. The minimum Gasteiger partial charge on any atom is -0.497 e. The van der Waals surface area contributed by atoms with Crippen LogP contribution in [0.25, 0.3) is 11.4 Å². The fourth-order valence-corrected chi connectivity index (χ4v) is 3.34. The Kier molecular flexibility index (Phi) is 9.05. The summed E-state index contributed by atoms with van der Waals surface area (Å²) in [7, 11) is 4.37. The molecule has 1 aromatic heterocycles. The normalized spacial score (nSPS) is 10.5. The molecule has 0 aliphatic carbocycles. The summed E-state index contributed by atoms with van der Waals surface area (Å²) in [6, 6.07) is 12.6. The second kappa shape index (κ2) is 12.4. The van der Waals surface area contributed by atoms with E-state index < -0.39 is 5.97 Å². The highest BCUT2D eigenvalue weighted by molar-refractivity contribution is 5.82. The topological polar surface area (TPSA) is 113 Å². The molecule has 0 atom stereocenters. The third-order valence-corrected chi connectivity index (χ3v) is 5.13. The Hall–Kier alpha value is -4.08. The fraction of sp³-hybridized carbons (Fsp3) is 0.360. The van der Waals surface area contributed by atoms with Crippen LogP contribution in [0.3, 0.4) is 0 Å². The first-order valence-corrected chi connectivity index (χ1v) is 11.1. The Balaban J connectivity index is 1.67. The molecule has 10 nitrogen and oxygen atoms in total. The molecule has 0 N–H and O–H groups in total. The number of aromatic nitrogens is 2. The number of methoxy groups -OCH3 is 3. The molecular formula is C25H29N3O7. The smallest absolute Gasteiger partial charge is 0.325 e. The van der Waals surface area contributed by atoms with Gasteiger partial charge in [0.25, 0.3) is 0 Å². The molecular weight excluding hydrogens is 454 g/mol. The van der Waals surface area contributed by atoms with Gasteiger partial charge in [-0.3, -0.25) is 9.59 Å². The lowest BCUT2D eigenvalue weighted by Gasteiger charge is -2.22. The zero-order chi connectivity index (χ0) is 25.2. The Bertz CT molecular complexity index is 1110. The minimum absolute atomic E-state index is 0.0724. The van der Waals surface area contributed by atoms with Gasteiger partial charge >= 0.3 is 5.97 Å². The molecule has 3 aromatic rings. The maximum atomic E-state index is 13.0. The van der Waals surface area contributed by atoms with Gasteiger partial charge < -0.3 is 28.4 Å². The van der Waals surface area contributed by atoms with E-state index in [0.717, 1.165) is 16.9 Å². The number of hydrogen-bond donors (Lipinski definition) is 0. The van der Waals surface area contributed by atoms with E-state index in [1.54, 1.807) is 32.4 Å². The fourth-order valence-electron chi connectivity index (χ4n) is 3.34.